The van der Waals surface area contributed by atoms with Crippen LogP contribution >= 0.6 is 0 Å². The summed E-state index contributed by atoms with van der Waals surface area (Å²) in [6.45, 7) is 1.72. The molecule has 176 valence electrons. The van der Waals surface area contributed by atoms with Crippen LogP contribution in [0, 0.1) is 11.2 Å². The van der Waals surface area contributed by atoms with E-state index in [2.05, 4.69) is 5.32 Å². The van der Waals surface area contributed by atoms with Crippen LogP contribution in [0.25, 0.3) is 0 Å². The molecule has 2 heterocycles. The van der Waals surface area contributed by atoms with Gasteiger partial charge in [0.05, 0.1) is 5.41 Å². The number of ether oxygens (including phenoxy) is 1. The molecule has 2 fully saturated rings. The molecule has 1 aromatic carbocycles. The predicted octanol–water partition coefficient (Wildman–Crippen LogP) is 1.13. The van der Waals surface area contributed by atoms with Crippen molar-refractivity contribution in [2.24, 2.45) is 5.41 Å². The zero-order valence-corrected chi connectivity index (χ0v) is 18.4. The third kappa shape index (κ3) is 6.74. The zero-order valence-electron chi connectivity index (χ0n) is 18.4. The Hall–Kier alpha value is -3.01. The van der Waals surface area contributed by atoms with Crippen LogP contribution in [0.1, 0.15) is 36.0 Å². The van der Waals surface area contributed by atoms with E-state index >= 15 is 0 Å². The van der Waals surface area contributed by atoms with E-state index in [0.717, 1.165) is 0 Å². The van der Waals surface area contributed by atoms with E-state index < -0.39 is 11.2 Å². The van der Waals surface area contributed by atoms with Gasteiger partial charge >= 0.3 is 5.97 Å². The first-order valence-electron chi connectivity index (χ1n) is 10.5. The number of rotatable bonds is 6. The number of hydrogen-bond acceptors (Lipinski definition) is 6. The number of nitrogens with zero attached hydrogens (tertiary/aromatic N) is 2. The summed E-state index contributed by atoms with van der Waals surface area (Å²) in [5, 5.41) is 9.57. The molecule has 1 unspecified atom stereocenters. The number of halogens is 1. The lowest BCUT2D eigenvalue weighted by Crippen LogP contribution is -2.45. The van der Waals surface area contributed by atoms with Crippen LogP contribution in [-0.2, 0) is 19.1 Å². The molecule has 3 rings (SSSR count). The Morgan fingerprint density at radius 1 is 1.28 bits per heavy atom. The molecule has 9 nitrogen and oxygen atoms in total. The Morgan fingerprint density at radius 2 is 1.88 bits per heavy atom. The van der Waals surface area contributed by atoms with Crippen LogP contribution in [0.2, 0.25) is 0 Å². The van der Waals surface area contributed by atoms with Crippen LogP contribution in [-0.4, -0.2) is 85.5 Å². The van der Waals surface area contributed by atoms with Crippen LogP contribution in [0.5, 0.6) is 0 Å². The molecule has 10 heteroatoms. The monoisotopic (exact) mass is 451 g/mol. The molecule has 2 amide bonds. The molecule has 0 aromatic heterocycles. The third-order valence-corrected chi connectivity index (χ3v) is 5.70. The maximum absolute atomic E-state index is 12.9. The first-order chi connectivity index (χ1) is 15.2. The van der Waals surface area contributed by atoms with Gasteiger partial charge in [-0.15, -0.1) is 0 Å². The summed E-state index contributed by atoms with van der Waals surface area (Å²) in [6, 6.07) is 5.25. The van der Waals surface area contributed by atoms with E-state index in [9.17, 15) is 18.8 Å². The van der Waals surface area contributed by atoms with Crippen molar-refractivity contribution in [2.75, 3.05) is 40.3 Å². The van der Waals surface area contributed by atoms with E-state index in [1.54, 1.807) is 4.90 Å². The van der Waals surface area contributed by atoms with Gasteiger partial charge in [0.1, 0.15) is 11.9 Å². The Balaban J connectivity index is 0.00000114. The summed E-state index contributed by atoms with van der Waals surface area (Å²) in [7, 11) is 3.91. The van der Waals surface area contributed by atoms with E-state index in [0.29, 0.717) is 44.5 Å². The predicted molar refractivity (Wildman–Crippen MR) is 113 cm³/mol. The van der Waals surface area contributed by atoms with Crippen molar-refractivity contribution in [3.05, 3.63) is 35.6 Å². The maximum atomic E-state index is 12.9. The molecular weight excluding hydrogens is 421 g/mol. The number of piperidine rings is 1. The van der Waals surface area contributed by atoms with E-state index in [4.69, 9.17) is 14.6 Å². The summed E-state index contributed by atoms with van der Waals surface area (Å²) < 4.78 is 18.5. The fourth-order valence-corrected chi connectivity index (χ4v) is 4.08. The van der Waals surface area contributed by atoms with E-state index in [1.165, 1.54) is 24.3 Å². The van der Waals surface area contributed by atoms with Crippen molar-refractivity contribution in [2.45, 2.75) is 31.8 Å². The highest BCUT2D eigenvalue weighted by Crippen LogP contribution is 2.43. The number of likely N-dealkylation sites (tertiary alicyclic amines) is 1. The minimum Gasteiger partial charge on any atom is -0.483 e. The number of carboxylic acid groups (broad SMARTS) is 1. The first kappa shape index (κ1) is 25.3. The second kappa shape index (κ2) is 11.6. The standard InChI is InChI=1S/C21H28FN3O4.CH2O2/c1-24(2)14-17-13-21(20(28)29-17)8-11-25(12-9-21)18(26)7-10-23-19(27)15-3-5-16(22)6-4-15;2-1-3/h3-6,17H,7-14H2,1-2H3,(H,23,27);1H,(H,2,3). The van der Waals surface area contributed by atoms with Crippen molar-refractivity contribution in [1.82, 2.24) is 15.1 Å². The molecule has 1 atom stereocenters. The smallest absolute Gasteiger partial charge is 0.312 e. The third-order valence-electron chi connectivity index (χ3n) is 5.70. The van der Waals surface area contributed by atoms with Gasteiger partial charge in [0, 0.05) is 44.6 Å². The Morgan fingerprint density at radius 3 is 2.44 bits per heavy atom. The molecule has 0 aliphatic carbocycles. The molecule has 0 radical (unpaired) electrons. The van der Waals surface area contributed by atoms with Gasteiger partial charge < -0.3 is 25.0 Å². The molecule has 0 bridgehead atoms. The summed E-state index contributed by atoms with van der Waals surface area (Å²) in [5.41, 5.74) is -0.111. The quantitative estimate of drug-likeness (QED) is 0.492. The molecular formula is C22H30FN3O6. The summed E-state index contributed by atoms with van der Waals surface area (Å²) >= 11 is 0. The van der Waals surface area contributed by atoms with Crippen molar-refractivity contribution < 1.29 is 33.4 Å². The van der Waals surface area contributed by atoms with Crippen molar-refractivity contribution in [1.29, 1.82) is 0 Å². The molecule has 1 aromatic rings. The highest BCUT2D eigenvalue weighted by molar-refractivity contribution is 5.94. The first-order valence-corrected chi connectivity index (χ1v) is 10.5. The number of hydrogen-bond donors (Lipinski definition) is 2. The molecule has 2 aliphatic rings. The summed E-state index contributed by atoms with van der Waals surface area (Å²) in [5.74, 6) is -0.923. The topological polar surface area (TPSA) is 116 Å². The van der Waals surface area contributed by atoms with Crippen LogP contribution in [0.3, 0.4) is 0 Å². The Bertz CT molecular complexity index is 806. The Kier molecular flexibility index (Phi) is 9.13. The van der Waals surface area contributed by atoms with Crippen LogP contribution in [0.4, 0.5) is 4.39 Å². The maximum Gasteiger partial charge on any atom is 0.312 e. The molecule has 1 spiro atoms. The van der Waals surface area contributed by atoms with Crippen LogP contribution < -0.4 is 5.32 Å². The summed E-state index contributed by atoms with van der Waals surface area (Å²) in [6.07, 6.45) is 2.04. The largest absolute Gasteiger partial charge is 0.483 e. The fourth-order valence-electron chi connectivity index (χ4n) is 4.08. The summed E-state index contributed by atoms with van der Waals surface area (Å²) in [4.78, 5) is 49.0. The fraction of sp³-hybridized carbons (Fsp3) is 0.545. The Labute approximate surface area is 186 Å². The van der Waals surface area contributed by atoms with Gasteiger partial charge in [0.15, 0.2) is 0 Å². The normalized spacial score (nSPS) is 19.2. The number of likely N-dealkylation sites (N-methyl/N-ethyl adjacent to an activating group) is 1. The van der Waals surface area contributed by atoms with Gasteiger partial charge in [-0.1, -0.05) is 0 Å². The average molecular weight is 451 g/mol. The van der Waals surface area contributed by atoms with Crippen molar-refractivity contribution in [3.63, 3.8) is 0 Å². The number of nitrogens with one attached hydrogen (secondary N) is 1. The molecule has 32 heavy (non-hydrogen) atoms. The van der Waals surface area contributed by atoms with Gasteiger partial charge in [-0.3, -0.25) is 19.2 Å². The minimum atomic E-state index is -0.464. The van der Waals surface area contributed by atoms with E-state index in [-0.39, 0.29) is 43.3 Å². The van der Waals surface area contributed by atoms with Crippen LogP contribution in [0.15, 0.2) is 24.3 Å². The highest BCUT2D eigenvalue weighted by Gasteiger charge is 2.50. The zero-order chi connectivity index (χ0) is 23.7. The molecule has 2 saturated heterocycles. The number of cyclic esters (lactones) is 1. The second-order valence-corrected chi connectivity index (χ2v) is 8.27. The van der Waals surface area contributed by atoms with Gasteiger partial charge in [0.25, 0.3) is 12.4 Å². The van der Waals surface area contributed by atoms with Gasteiger partial charge in [-0.2, -0.15) is 0 Å². The van der Waals surface area contributed by atoms with Gasteiger partial charge in [-0.05, 0) is 51.2 Å². The van der Waals surface area contributed by atoms with Gasteiger partial charge in [0.2, 0.25) is 5.91 Å². The second-order valence-electron chi connectivity index (χ2n) is 8.27. The van der Waals surface area contributed by atoms with Crippen molar-refractivity contribution in [3.8, 4) is 0 Å². The highest BCUT2D eigenvalue weighted by atomic mass is 19.1. The SMILES string of the molecule is CN(C)CC1CC2(CCN(C(=O)CCNC(=O)c3ccc(F)cc3)CC2)C(=O)O1.O=CO. The van der Waals surface area contributed by atoms with E-state index in [1.807, 2.05) is 19.0 Å². The van der Waals surface area contributed by atoms with Gasteiger partial charge in [-0.25, -0.2) is 4.39 Å². The van der Waals surface area contributed by atoms with Crippen molar-refractivity contribution >= 4 is 24.3 Å². The molecule has 2 N–H and O–H groups in total. The average Bonchev–Trinajstić information content (AvgIpc) is 3.03. The minimum absolute atomic E-state index is 0.0459. The lowest BCUT2D eigenvalue weighted by molar-refractivity contribution is -0.152. The lowest BCUT2D eigenvalue weighted by Gasteiger charge is -2.36. The number of benzene rings is 1. The molecule has 0 saturated carbocycles. The lowest BCUT2D eigenvalue weighted by atomic mass is 9.76. The number of carbonyl (C=O) groups excluding carboxylic acids is 3. The molecule has 2 aliphatic heterocycles. The number of esters is 1. The number of amides is 2. The number of carbonyl (C=O) groups is 4.